The van der Waals surface area contributed by atoms with Crippen LogP contribution >= 0.6 is 15.9 Å². The summed E-state index contributed by atoms with van der Waals surface area (Å²) in [7, 11) is 1.70. The first kappa shape index (κ1) is 12.9. The van der Waals surface area contributed by atoms with Crippen LogP contribution in [0.25, 0.3) is 0 Å². The van der Waals surface area contributed by atoms with Gasteiger partial charge in [-0.15, -0.1) is 0 Å². The zero-order valence-electron chi connectivity index (χ0n) is 10.6. The molecule has 1 heterocycles. The highest BCUT2D eigenvalue weighted by molar-refractivity contribution is 9.10. The van der Waals surface area contributed by atoms with Crippen LogP contribution in [-0.4, -0.2) is 25.1 Å². The summed E-state index contributed by atoms with van der Waals surface area (Å²) in [6.07, 6.45) is 2.71. The van der Waals surface area contributed by atoms with Gasteiger partial charge in [-0.25, -0.2) is 0 Å². The van der Waals surface area contributed by atoms with E-state index in [9.17, 15) is 0 Å². The van der Waals surface area contributed by atoms with Crippen LogP contribution in [0.3, 0.4) is 0 Å². The number of hydrogen-bond donors (Lipinski definition) is 0. The molecular weight excluding hydrogens is 278 g/mol. The number of benzene rings is 1. The Morgan fingerprint density at radius 3 is 2.94 bits per heavy atom. The standard InChI is InChI=1S/C14H20BrNO/c1-11-4-3-7-16(9-11)10-12-5-6-14(17-2)13(15)8-12/h5-6,8,11H,3-4,7,9-10H2,1-2H3/t11-/m0/s1. The van der Waals surface area contributed by atoms with Crippen LogP contribution in [0, 0.1) is 5.92 Å². The highest BCUT2D eigenvalue weighted by atomic mass is 79.9. The van der Waals surface area contributed by atoms with Crippen molar-refractivity contribution in [3.05, 3.63) is 28.2 Å². The van der Waals surface area contributed by atoms with Gasteiger partial charge in [-0.3, -0.25) is 4.90 Å². The Labute approximate surface area is 112 Å². The summed E-state index contributed by atoms with van der Waals surface area (Å²) in [5.41, 5.74) is 1.35. The highest BCUT2D eigenvalue weighted by Crippen LogP contribution is 2.26. The van der Waals surface area contributed by atoms with Gasteiger partial charge in [-0.05, 0) is 58.9 Å². The number of rotatable bonds is 3. The lowest BCUT2D eigenvalue weighted by Gasteiger charge is -2.30. The van der Waals surface area contributed by atoms with Crippen LogP contribution in [0.4, 0.5) is 0 Å². The van der Waals surface area contributed by atoms with E-state index >= 15 is 0 Å². The van der Waals surface area contributed by atoms with Gasteiger partial charge in [0, 0.05) is 13.1 Å². The van der Waals surface area contributed by atoms with Gasteiger partial charge in [0.05, 0.1) is 11.6 Å². The quantitative estimate of drug-likeness (QED) is 0.844. The van der Waals surface area contributed by atoms with Crippen LogP contribution < -0.4 is 4.74 Å². The summed E-state index contributed by atoms with van der Waals surface area (Å²) >= 11 is 3.54. The fourth-order valence-electron chi connectivity index (χ4n) is 2.50. The molecule has 0 aliphatic carbocycles. The Kier molecular flexibility index (Phi) is 4.46. The molecule has 94 valence electrons. The average Bonchev–Trinajstić information content (AvgIpc) is 2.29. The van der Waals surface area contributed by atoms with Crippen molar-refractivity contribution < 1.29 is 4.74 Å². The Morgan fingerprint density at radius 1 is 1.47 bits per heavy atom. The monoisotopic (exact) mass is 297 g/mol. The minimum absolute atomic E-state index is 0.838. The van der Waals surface area contributed by atoms with E-state index in [1.165, 1.54) is 31.5 Å². The molecule has 17 heavy (non-hydrogen) atoms. The van der Waals surface area contributed by atoms with Crippen molar-refractivity contribution in [2.24, 2.45) is 5.92 Å². The van der Waals surface area contributed by atoms with Crippen molar-refractivity contribution >= 4 is 15.9 Å². The molecule has 2 nitrogen and oxygen atoms in total. The maximum Gasteiger partial charge on any atom is 0.133 e. The SMILES string of the molecule is COc1ccc(CN2CCC[C@H](C)C2)cc1Br. The predicted octanol–water partition coefficient (Wildman–Crippen LogP) is 3.69. The first-order valence-corrected chi connectivity index (χ1v) is 7.03. The van der Waals surface area contributed by atoms with E-state index < -0.39 is 0 Å². The lowest BCUT2D eigenvalue weighted by atomic mass is 10.00. The van der Waals surface area contributed by atoms with Gasteiger partial charge in [0.25, 0.3) is 0 Å². The molecule has 0 bridgehead atoms. The lowest BCUT2D eigenvalue weighted by Crippen LogP contribution is -2.33. The Hall–Kier alpha value is -0.540. The molecule has 2 rings (SSSR count). The topological polar surface area (TPSA) is 12.5 Å². The Balaban J connectivity index is 2.00. The van der Waals surface area contributed by atoms with Gasteiger partial charge >= 0.3 is 0 Å². The van der Waals surface area contributed by atoms with Gasteiger partial charge in [-0.2, -0.15) is 0 Å². The Bertz CT molecular complexity index is 380. The average molecular weight is 298 g/mol. The number of nitrogens with zero attached hydrogens (tertiary/aromatic N) is 1. The van der Waals surface area contributed by atoms with E-state index in [1.54, 1.807) is 7.11 Å². The maximum atomic E-state index is 5.25. The second-order valence-corrected chi connectivity index (χ2v) is 5.81. The van der Waals surface area contributed by atoms with Crippen molar-refractivity contribution in [2.45, 2.75) is 26.3 Å². The van der Waals surface area contributed by atoms with Crippen molar-refractivity contribution in [1.82, 2.24) is 4.90 Å². The van der Waals surface area contributed by atoms with Gasteiger partial charge in [-0.1, -0.05) is 13.0 Å². The fraction of sp³-hybridized carbons (Fsp3) is 0.571. The van der Waals surface area contributed by atoms with Crippen molar-refractivity contribution in [3.8, 4) is 5.75 Å². The molecule has 0 aromatic heterocycles. The fourth-order valence-corrected chi connectivity index (χ4v) is 3.08. The second kappa shape index (κ2) is 5.87. The molecule has 1 fully saturated rings. The number of hydrogen-bond acceptors (Lipinski definition) is 2. The molecule has 0 spiro atoms. The summed E-state index contributed by atoms with van der Waals surface area (Å²) in [5, 5.41) is 0. The number of likely N-dealkylation sites (tertiary alicyclic amines) is 1. The third-order valence-corrected chi connectivity index (χ3v) is 3.98. The molecule has 0 unspecified atom stereocenters. The van der Waals surface area contributed by atoms with E-state index in [-0.39, 0.29) is 0 Å². The zero-order chi connectivity index (χ0) is 12.3. The first-order valence-electron chi connectivity index (χ1n) is 6.24. The van der Waals surface area contributed by atoms with E-state index in [1.807, 2.05) is 6.07 Å². The predicted molar refractivity (Wildman–Crippen MR) is 74.4 cm³/mol. The zero-order valence-corrected chi connectivity index (χ0v) is 12.2. The maximum absolute atomic E-state index is 5.25. The van der Waals surface area contributed by atoms with Gasteiger partial charge in [0.1, 0.15) is 5.75 Å². The minimum atomic E-state index is 0.838. The van der Waals surface area contributed by atoms with E-state index in [2.05, 4.69) is 39.9 Å². The number of ether oxygens (including phenoxy) is 1. The van der Waals surface area contributed by atoms with Crippen LogP contribution in [0.5, 0.6) is 5.75 Å². The molecule has 1 saturated heterocycles. The number of methoxy groups -OCH3 is 1. The van der Waals surface area contributed by atoms with Crippen LogP contribution in [0.15, 0.2) is 22.7 Å². The van der Waals surface area contributed by atoms with Crippen molar-refractivity contribution in [3.63, 3.8) is 0 Å². The molecule has 0 radical (unpaired) electrons. The molecule has 1 aliphatic rings. The molecule has 1 aliphatic heterocycles. The molecule has 0 N–H and O–H groups in total. The first-order chi connectivity index (χ1) is 8.19. The lowest BCUT2D eigenvalue weighted by molar-refractivity contribution is 0.176. The molecular formula is C14H20BrNO. The van der Waals surface area contributed by atoms with E-state index in [0.717, 1.165) is 22.7 Å². The molecule has 0 amide bonds. The summed E-state index contributed by atoms with van der Waals surface area (Å²) < 4.78 is 6.29. The summed E-state index contributed by atoms with van der Waals surface area (Å²) in [6, 6.07) is 6.35. The van der Waals surface area contributed by atoms with Gasteiger partial charge in [0.2, 0.25) is 0 Å². The third-order valence-electron chi connectivity index (χ3n) is 3.36. The third kappa shape index (κ3) is 3.46. The van der Waals surface area contributed by atoms with Crippen molar-refractivity contribution in [1.29, 1.82) is 0 Å². The molecule has 3 heteroatoms. The second-order valence-electron chi connectivity index (χ2n) is 4.95. The molecule has 0 saturated carbocycles. The van der Waals surface area contributed by atoms with Crippen LogP contribution in [0.2, 0.25) is 0 Å². The summed E-state index contributed by atoms with van der Waals surface area (Å²) in [5.74, 6) is 1.74. The van der Waals surface area contributed by atoms with Gasteiger partial charge < -0.3 is 4.74 Å². The number of halogens is 1. The van der Waals surface area contributed by atoms with E-state index in [4.69, 9.17) is 4.74 Å². The highest BCUT2D eigenvalue weighted by Gasteiger charge is 2.16. The smallest absolute Gasteiger partial charge is 0.133 e. The molecule has 1 atom stereocenters. The summed E-state index contributed by atoms with van der Waals surface area (Å²) in [6.45, 7) is 5.85. The normalized spacial score (nSPS) is 21.5. The van der Waals surface area contributed by atoms with Crippen LogP contribution in [0.1, 0.15) is 25.3 Å². The largest absolute Gasteiger partial charge is 0.496 e. The Morgan fingerprint density at radius 2 is 2.29 bits per heavy atom. The van der Waals surface area contributed by atoms with Gasteiger partial charge in [0.15, 0.2) is 0 Å². The number of piperidine rings is 1. The van der Waals surface area contributed by atoms with Crippen LogP contribution in [-0.2, 0) is 6.54 Å². The van der Waals surface area contributed by atoms with E-state index in [0.29, 0.717) is 0 Å². The molecule has 1 aromatic rings. The molecule has 1 aromatic carbocycles. The van der Waals surface area contributed by atoms with Crippen molar-refractivity contribution in [2.75, 3.05) is 20.2 Å². The minimum Gasteiger partial charge on any atom is -0.496 e. The summed E-state index contributed by atoms with van der Waals surface area (Å²) in [4.78, 5) is 2.54.